The molecule has 0 saturated carbocycles. The maximum atomic E-state index is 10.1. The summed E-state index contributed by atoms with van der Waals surface area (Å²) < 4.78 is 4.70. The van der Waals surface area contributed by atoms with Crippen LogP contribution < -0.4 is 5.32 Å². The van der Waals surface area contributed by atoms with Crippen LogP contribution in [0, 0.1) is 0 Å². The Kier molecular flexibility index (Phi) is 5.43. The number of ether oxygens (including phenoxy) is 1. The lowest BCUT2D eigenvalue weighted by atomic mass is 10.3. The minimum atomic E-state index is 0.392. The highest BCUT2D eigenvalue weighted by atomic mass is 16.5. The molecule has 1 N–H and O–H groups in total. The number of rotatable bonds is 5. The lowest BCUT2D eigenvalue weighted by Gasteiger charge is -2.07. The second kappa shape index (κ2) is 6.22. The van der Waals surface area contributed by atoms with E-state index in [1.54, 1.807) is 32.2 Å². The molecule has 0 aliphatic rings. The van der Waals surface area contributed by atoms with E-state index in [0.29, 0.717) is 12.2 Å². The highest BCUT2D eigenvalue weighted by Crippen LogP contribution is 2.06. The molecule has 3 nitrogen and oxygen atoms in total. The predicted octanol–water partition coefficient (Wildman–Crippen LogP) is 1.35. The van der Waals surface area contributed by atoms with Crippen LogP contribution >= 0.6 is 0 Å². The van der Waals surface area contributed by atoms with Crippen LogP contribution in [0.1, 0.15) is 6.92 Å². The Hall–Kier alpha value is -1.51. The van der Waals surface area contributed by atoms with Gasteiger partial charge in [-0.15, -0.1) is 0 Å². The molecule has 0 aromatic rings. The van der Waals surface area contributed by atoms with Crippen molar-refractivity contribution < 1.29 is 9.53 Å². The maximum absolute atomic E-state index is 10.1. The molecular weight excluding hydrogens is 154 g/mol. The third kappa shape index (κ3) is 3.05. The van der Waals surface area contributed by atoms with Crippen LogP contribution in [0.4, 0.5) is 0 Å². The first-order chi connectivity index (χ1) is 5.79. The molecule has 0 aromatic heterocycles. The fraction of sp³-hybridized carbons (Fsp3) is 0.222. The Morgan fingerprint density at radius 2 is 2.25 bits per heavy atom. The molecule has 0 spiro atoms. The Morgan fingerprint density at radius 3 is 2.58 bits per heavy atom. The number of nitrogens with one attached hydrogen (secondary N) is 1. The molecule has 3 heteroatoms. The molecule has 0 saturated heterocycles. The van der Waals surface area contributed by atoms with Crippen LogP contribution in [0.5, 0.6) is 0 Å². The summed E-state index contributed by atoms with van der Waals surface area (Å²) in [5.74, 6) is 0.493. The van der Waals surface area contributed by atoms with Gasteiger partial charge in [0, 0.05) is 7.05 Å². The number of hydrogen-bond donors (Lipinski definition) is 1. The van der Waals surface area contributed by atoms with Gasteiger partial charge in [-0.3, -0.25) is 4.79 Å². The van der Waals surface area contributed by atoms with Crippen molar-refractivity contribution in [2.45, 2.75) is 6.92 Å². The number of carbonyl (C=O) groups is 1. The van der Waals surface area contributed by atoms with Gasteiger partial charge in [-0.1, -0.05) is 12.7 Å². The summed E-state index contributed by atoms with van der Waals surface area (Å²) in [7, 11) is 1.74. The van der Waals surface area contributed by atoms with Gasteiger partial charge in [-0.05, 0) is 19.1 Å². The standard InChI is InChI=1S/C9H13NO2/c1-4-6-8(10-3)9(5-2)12-7-11/h4-7,10H,1H2,2-3H3/b8-6+,9-5+. The van der Waals surface area contributed by atoms with Crippen molar-refractivity contribution in [2.75, 3.05) is 7.05 Å². The van der Waals surface area contributed by atoms with Gasteiger partial charge in [0.05, 0.1) is 5.70 Å². The molecule has 66 valence electrons. The third-order valence-corrected chi connectivity index (χ3v) is 1.26. The van der Waals surface area contributed by atoms with Crippen molar-refractivity contribution in [1.29, 1.82) is 0 Å². The van der Waals surface area contributed by atoms with E-state index in [1.807, 2.05) is 0 Å². The van der Waals surface area contributed by atoms with E-state index in [9.17, 15) is 4.79 Å². The number of carbonyl (C=O) groups excluding carboxylic acids is 1. The van der Waals surface area contributed by atoms with Crippen LogP contribution in [-0.4, -0.2) is 13.5 Å². The zero-order valence-electron chi connectivity index (χ0n) is 7.33. The van der Waals surface area contributed by atoms with Crippen LogP contribution in [0.2, 0.25) is 0 Å². The highest BCUT2D eigenvalue weighted by molar-refractivity contribution is 5.43. The molecule has 0 aromatic carbocycles. The van der Waals surface area contributed by atoms with Crippen molar-refractivity contribution in [3.8, 4) is 0 Å². The Labute approximate surface area is 72.4 Å². The maximum Gasteiger partial charge on any atom is 0.298 e. The quantitative estimate of drug-likeness (QED) is 0.381. The SMILES string of the molecule is C=C/C=C(NC)\C(=C/C)OC=O. The summed E-state index contributed by atoms with van der Waals surface area (Å²) in [6, 6.07) is 0. The third-order valence-electron chi connectivity index (χ3n) is 1.26. The van der Waals surface area contributed by atoms with E-state index in [4.69, 9.17) is 4.74 Å². The van der Waals surface area contributed by atoms with Crippen molar-refractivity contribution in [3.05, 3.63) is 36.3 Å². The lowest BCUT2D eigenvalue weighted by molar-refractivity contribution is -0.124. The predicted molar refractivity (Wildman–Crippen MR) is 48.2 cm³/mol. The van der Waals surface area contributed by atoms with E-state index in [2.05, 4.69) is 11.9 Å². The lowest BCUT2D eigenvalue weighted by Crippen LogP contribution is -2.09. The van der Waals surface area contributed by atoms with E-state index in [-0.39, 0.29) is 0 Å². The minimum Gasteiger partial charge on any atom is -0.427 e. The van der Waals surface area contributed by atoms with E-state index in [1.165, 1.54) is 0 Å². The van der Waals surface area contributed by atoms with Crippen molar-refractivity contribution in [3.63, 3.8) is 0 Å². The molecule has 12 heavy (non-hydrogen) atoms. The average molecular weight is 167 g/mol. The Bertz CT molecular complexity index is 217. The summed E-state index contributed by atoms with van der Waals surface area (Å²) in [6.45, 7) is 5.72. The van der Waals surface area contributed by atoms with Gasteiger partial charge in [0.2, 0.25) is 0 Å². The van der Waals surface area contributed by atoms with Crippen LogP contribution in [0.15, 0.2) is 36.3 Å². The van der Waals surface area contributed by atoms with E-state index >= 15 is 0 Å². The van der Waals surface area contributed by atoms with Gasteiger partial charge in [-0.2, -0.15) is 0 Å². The molecule has 0 aliphatic heterocycles. The molecule has 0 atom stereocenters. The summed E-state index contributed by atoms with van der Waals surface area (Å²) in [5.41, 5.74) is 0.722. The molecule has 0 amide bonds. The van der Waals surface area contributed by atoms with Gasteiger partial charge >= 0.3 is 0 Å². The Balaban J connectivity index is 4.56. The second-order valence-electron chi connectivity index (χ2n) is 1.93. The summed E-state index contributed by atoms with van der Waals surface area (Å²) >= 11 is 0. The second-order valence-corrected chi connectivity index (χ2v) is 1.93. The molecule has 0 aliphatic carbocycles. The van der Waals surface area contributed by atoms with Crippen molar-refractivity contribution in [1.82, 2.24) is 5.32 Å². The Morgan fingerprint density at radius 1 is 1.58 bits per heavy atom. The van der Waals surface area contributed by atoms with Crippen LogP contribution in [0.25, 0.3) is 0 Å². The van der Waals surface area contributed by atoms with E-state index < -0.39 is 0 Å². The van der Waals surface area contributed by atoms with Gasteiger partial charge in [0.15, 0.2) is 0 Å². The topological polar surface area (TPSA) is 38.3 Å². The van der Waals surface area contributed by atoms with Gasteiger partial charge in [0.1, 0.15) is 5.76 Å². The van der Waals surface area contributed by atoms with Crippen LogP contribution in [0.3, 0.4) is 0 Å². The summed E-state index contributed by atoms with van der Waals surface area (Å²) in [5, 5.41) is 2.88. The van der Waals surface area contributed by atoms with Gasteiger partial charge in [0.25, 0.3) is 6.47 Å². The molecule has 0 fully saturated rings. The molecule has 0 radical (unpaired) electrons. The fourth-order valence-corrected chi connectivity index (χ4v) is 0.745. The number of likely N-dealkylation sites (N-methyl/N-ethyl adjacent to an activating group) is 1. The van der Waals surface area contributed by atoms with Crippen molar-refractivity contribution >= 4 is 6.47 Å². The molecule has 0 bridgehead atoms. The first kappa shape index (κ1) is 10.5. The zero-order valence-corrected chi connectivity index (χ0v) is 7.33. The van der Waals surface area contributed by atoms with Gasteiger partial charge < -0.3 is 10.1 Å². The number of allylic oxidation sites excluding steroid dienone is 3. The molecule has 0 rings (SSSR count). The summed E-state index contributed by atoms with van der Waals surface area (Å²) in [6.07, 6.45) is 5.03. The van der Waals surface area contributed by atoms with Crippen LogP contribution in [-0.2, 0) is 9.53 Å². The average Bonchev–Trinajstić information content (AvgIpc) is 2.11. The molecule has 0 unspecified atom stereocenters. The first-order valence-electron chi connectivity index (χ1n) is 3.57. The van der Waals surface area contributed by atoms with Gasteiger partial charge in [-0.25, -0.2) is 0 Å². The van der Waals surface area contributed by atoms with Crippen molar-refractivity contribution in [2.24, 2.45) is 0 Å². The normalized spacial score (nSPS) is 12.2. The zero-order chi connectivity index (χ0) is 9.40. The smallest absolute Gasteiger partial charge is 0.298 e. The first-order valence-corrected chi connectivity index (χ1v) is 3.57. The minimum absolute atomic E-state index is 0.392. The highest BCUT2D eigenvalue weighted by Gasteiger charge is 2.00. The molecule has 0 heterocycles. The number of hydrogen-bond acceptors (Lipinski definition) is 3. The summed E-state index contributed by atoms with van der Waals surface area (Å²) in [4.78, 5) is 10.1. The molecular formula is C9H13NO2. The largest absolute Gasteiger partial charge is 0.427 e. The fourth-order valence-electron chi connectivity index (χ4n) is 0.745. The van der Waals surface area contributed by atoms with E-state index in [0.717, 1.165) is 5.70 Å². The monoisotopic (exact) mass is 167 g/mol.